The van der Waals surface area contributed by atoms with Crippen LogP contribution in [0.2, 0.25) is 0 Å². The first-order valence-electron chi connectivity index (χ1n) is 5.04. The molecular weight excluding hydrogens is 269 g/mol. The molecule has 1 heterocycles. The van der Waals surface area contributed by atoms with E-state index in [1.807, 2.05) is 0 Å². The molecule has 2 unspecified atom stereocenters. The molecule has 1 rings (SSSR count). The Balaban J connectivity index is 0.000000557. The Hall–Kier alpha value is 1.29. The number of halogens is 3. The van der Waals surface area contributed by atoms with Crippen molar-refractivity contribution >= 4 is 56.3 Å². The van der Waals surface area contributed by atoms with Gasteiger partial charge in [0.15, 0.2) is 0 Å². The van der Waals surface area contributed by atoms with Crippen molar-refractivity contribution in [3.8, 4) is 0 Å². The number of ether oxygens (including phenoxy) is 1. The van der Waals surface area contributed by atoms with Crippen LogP contribution in [0, 0.1) is 0 Å². The maximum absolute atomic E-state index is 13.2. The second-order valence-corrected chi connectivity index (χ2v) is 5.58. The first-order chi connectivity index (χ1) is 7.68. The van der Waals surface area contributed by atoms with Crippen molar-refractivity contribution < 1.29 is 33.0 Å². The van der Waals surface area contributed by atoms with Gasteiger partial charge in [-0.2, -0.15) is 0 Å². The van der Waals surface area contributed by atoms with Crippen LogP contribution in [-0.2, 0) is 4.74 Å². The summed E-state index contributed by atoms with van der Waals surface area (Å²) >= 11 is -0.704. The SMILES string of the molecule is COC1CCN([C](F)(F)[K])C(F)C1.OB(O)O. The van der Waals surface area contributed by atoms with Gasteiger partial charge in [-0.3, -0.25) is 0 Å². The molecule has 0 bridgehead atoms. The summed E-state index contributed by atoms with van der Waals surface area (Å²) in [5, 5.41) is 21.5. The molecule has 0 aromatic rings. The molecular formula is C7H14BF3KNO4. The molecule has 3 N–H and O–H groups in total. The molecule has 1 fully saturated rings. The molecule has 0 amide bonds. The van der Waals surface area contributed by atoms with Crippen molar-refractivity contribution in [3.05, 3.63) is 0 Å². The minimum Gasteiger partial charge on any atom is -0.402 e. The molecule has 17 heavy (non-hydrogen) atoms. The summed E-state index contributed by atoms with van der Waals surface area (Å²) in [5.41, 5.74) is 0. The largest absolute Gasteiger partial charge is 0.631 e. The van der Waals surface area contributed by atoms with Crippen molar-refractivity contribution in [3.63, 3.8) is 0 Å². The van der Waals surface area contributed by atoms with Gasteiger partial charge in [-0.05, 0) is 0 Å². The molecule has 1 saturated heterocycles. The molecule has 0 spiro atoms. The van der Waals surface area contributed by atoms with Crippen LogP contribution in [0.4, 0.5) is 13.2 Å². The third kappa shape index (κ3) is 8.14. The van der Waals surface area contributed by atoms with Gasteiger partial charge in [0.2, 0.25) is 0 Å². The number of hydrogen-bond donors (Lipinski definition) is 3. The third-order valence-electron chi connectivity index (χ3n) is 2.33. The van der Waals surface area contributed by atoms with E-state index in [-0.39, 0.29) is 19.1 Å². The fourth-order valence-corrected chi connectivity index (χ4v) is 2.33. The smallest absolute Gasteiger partial charge is 0.402 e. The number of likely N-dealkylation sites (tertiary alicyclic amines) is 1. The molecule has 2 atom stereocenters. The summed E-state index contributed by atoms with van der Waals surface area (Å²) in [6.45, 7) is 0.0917. The van der Waals surface area contributed by atoms with Gasteiger partial charge in [-0.25, -0.2) is 0 Å². The van der Waals surface area contributed by atoms with Crippen LogP contribution >= 0.6 is 0 Å². The molecule has 0 aromatic heterocycles. The summed E-state index contributed by atoms with van der Waals surface area (Å²) in [7, 11) is -0.686. The third-order valence-corrected chi connectivity index (χ3v) is 3.22. The molecule has 0 aromatic carbocycles. The van der Waals surface area contributed by atoms with Gasteiger partial charge in [-0.1, -0.05) is 0 Å². The number of rotatable bonds is 2. The van der Waals surface area contributed by atoms with E-state index >= 15 is 0 Å². The van der Waals surface area contributed by atoms with Crippen LogP contribution in [-0.4, -0.2) is 102 Å². The minimum absolute atomic E-state index is 0.0577. The fourth-order valence-electron chi connectivity index (χ4n) is 1.54. The Labute approximate surface area is 132 Å². The number of methoxy groups -OCH3 is 1. The molecule has 96 valence electrons. The Morgan fingerprint density at radius 2 is 1.88 bits per heavy atom. The first kappa shape index (κ1) is 18.3. The van der Waals surface area contributed by atoms with Crippen molar-refractivity contribution in [2.24, 2.45) is 0 Å². The quantitative estimate of drug-likeness (QED) is 0.450. The van der Waals surface area contributed by atoms with Crippen molar-refractivity contribution in [2.45, 2.75) is 25.4 Å². The van der Waals surface area contributed by atoms with Gasteiger partial charge in [-0.15, -0.1) is 0 Å². The second-order valence-electron chi connectivity index (χ2n) is 3.70. The molecule has 10 heteroatoms. The van der Waals surface area contributed by atoms with Crippen LogP contribution in [0.25, 0.3) is 0 Å². The molecule has 1 aliphatic rings. The maximum Gasteiger partial charge on any atom is 0.631 e. The Bertz CT molecular complexity index is 219. The number of nitrogens with zero attached hydrogens (tertiary/aromatic N) is 1. The molecule has 0 radical (unpaired) electrons. The monoisotopic (exact) mass is 283 g/mol. The van der Waals surface area contributed by atoms with E-state index in [1.165, 1.54) is 7.11 Å². The van der Waals surface area contributed by atoms with E-state index in [0.29, 0.717) is 11.3 Å². The Morgan fingerprint density at radius 1 is 1.41 bits per heavy atom. The zero-order chi connectivity index (χ0) is 13.6. The second kappa shape index (κ2) is 8.46. The van der Waals surface area contributed by atoms with Crippen LogP contribution in [0.5, 0.6) is 0 Å². The van der Waals surface area contributed by atoms with Crippen molar-refractivity contribution in [1.82, 2.24) is 4.90 Å². The van der Waals surface area contributed by atoms with E-state index in [4.69, 9.17) is 19.8 Å². The molecule has 0 aliphatic carbocycles. The van der Waals surface area contributed by atoms with Crippen molar-refractivity contribution in [2.75, 3.05) is 13.7 Å². The Morgan fingerprint density at radius 3 is 2.18 bits per heavy atom. The molecule has 1 aliphatic heterocycles. The summed E-state index contributed by atoms with van der Waals surface area (Å²) in [6.07, 6.45) is -1.21. The van der Waals surface area contributed by atoms with Gasteiger partial charge < -0.3 is 15.1 Å². The predicted molar refractivity (Wildman–Crippen MR) is 54.7 cm³/mol. The molecule has 5 nitrogen and oxygen atoms in total. The van der Waals surface area contributed by atoms with Crippen LogP contribution < -0.4 is 0 Å². The number of piperidine rings is 1. The van der Waals surface area contributed by atoms with Gasteiger partial charge >= 0.3 is 118 Å². The summed E-state index contributed by atoms with van der Waals surface area (Å²) in [5.74, 6) is 0. The van der Waals surface area contributed by atoms with Crippen LogP contribution in [0.3, 0.4) is 0 Å². The van der Waals surface area contributed by atoms with E-state index < -0.39 is 62.7 Å². The van der Waals surface area contributed by atoms with E-state index in [2.05, 4.69) is 0 Å². The zero-order valence-electron chi connectivity index (χ0n) is 9.68. The normalized spacial score (nSPS) is 26.2. The average Bonchev–Trinajstić information content (AvgIpc) is 2.14. The minimum atomic E-state index is -2.88. The number of hydrogen-bond acceptors (Lipinski definition) is 5. The van der Waals surface area contributed by atoms with E-state index in [0.717, 1.165) is 0 Å². The summed E-state index contributed by atoms with van der Waals surface area (Å²) in [6, 6.07) is 0. The van der Waals surface area contributed by atoms with E-state index in [9.17, 15) is 13.2 Å². The van der Waals surface area contributed by atoms with E-state index in [1.54, 1.807) is 0 Å². The topological polar surface area (TPSA) is 73.2 Å². The predicted octanol–water partition coefficient (Wildman–Crippen LogP) is -0.940. The summed E-state index contributed by atoms with van der Waals surface area (Å²) < 4.78 is 40.9. The summed E-state index contributed by atoms with van der Waals surface area (Å²) in [4.78, 5) is 0.655. The van der Waals surface area contributed by atoms with Crippen molar-refractivity contribution in [1.29, 1.82) is 0 Å². The van der Waals surface area contributed by atoms with Crippen LogP contribution in [0.15, 0.2) is 0 Å². The molecule has 0 saturated carbocycles. The van der Waals surface area contributed by atoms with Gasteiger partial charge in [0.05, 0.1) is 0 Å². The average molecular weight is 283 g/mol. The maximum atomic E-state index is 13.2. The Kier molecular flexibility index (Phi) is 9.10. The number of alkyl halides is 3. The van der Waals surface area contributed by atoms with Gasteiger partial charge in [0.25, 0.3) is 0 Å². The van der Waals surface area contributed by atoms with Gasteiger partial charge in [0.1, 0.15) is 0 Å². The van der Waals surface area contributed by atoms with Crippen LogP contribution in [0.1, 0.15) is 12.8 Å². The fraction of sp³-hybridized carbons (Fsp3) is 1.00. The standard InChI is InChI=1S/C7H11F3NO.BH3O3.K/c1-12-5-2-3-11(7(9)10)6(8)4-5;2-1(3)4;/h5-6H,2-4H2,1H3;2-4H;. The zero-order valence-corrected chi connectivity index (χ0v) is 12.8. The van der Waals surface area contributed by atoms with Gasteiger partial charge in [0, 0.05) is 0 Å². The first-order valence-corrected chi connectivity index (χ1v) is 6.60.